The summed E-state index contributed by atoms with van der Waals surface area (Å²) in [5.74, 6) is -36.8. The number of rotatable bonds is 6. The maximum absolute atomic E-state index is 14.2. The largest absolute Gasteiger partial charge is 0.393 e. The van der Waals surface area contributed by atoms with E-state index in [4.69, 9.17) is 0 Å². The zero-order chi connectivity index (χ0) is 23.6. The Morgan fingerprint density at radius 2 is 1.17 bits per heavy atom. The molecular formula is C15H5ClF12OS. The summed E-state index contributed by atoms with van der Waals surface area (Å²) in [5, 5.41) is -6.89. The summed E-state index contributed by atoms with van der Waals surface area (Å²) < 4.78 is 160. The van der Waals surface area contributed by atoms with Gasteiger partial charge >= 0.3 is 35.0 Å². The third kappa shape index (κ3) is 3.22. The van der Waals surface area contributed by atoms with Gasteiger partial charge in [-0.25, -0.2) is 0 Å². The molecule has 1 aromatic heterocycles. The van der Waals surface area contributed by atoms with Crippen molar-refractivity contribution in [3.05, 3.63) is 45.4 Å². The van der Waals surface area contributed by atoms with Gasteiger partial charge in [0.2, 0.25) is 4.74 Å². The molecule has 0 saturated carbocycles. The van der Waals surface area contributed by atoms with Crippen molar-refractivity contribution in [2.45, 2.75) is 35.0 Å². The Balaban J connectivity index is 2.71. The van der Waals surface area contributed by atoms with Crippen LogP contribution in [-0.2, 0) is 5.92 Å². The van der Waals surface area contributed by atoms with E-state index in [1.807, 2.05) is 0 Å². The average molecular weight is 497 g/mol. The Bertz CT molecular complexity index is 1010. The lowest BCUT2D eigenvalue weighted by atomic mass is 9.91. The summed E-state index contributed by atoms with van der Waals surface area (Å²) in [7, 11) is 0. The number of hydrogen-bond donors (Lipinski definition) is 0. The Labute approximate surface area is 166 Å². The molecule has 0 radical (unpaired) electrons. The summed E-state index contributed by atoms with van der Waals surface area (Å²) >= 11 is 3.46. The van der Waals surface area contributed by atoms with Crippen LogP contribution in [0.3, 0.4) is 0 Å². The molecule has 1 nitrogen and oxygen atoms in total. The van der Waals surface area contributed by atoms with Crippen LogP contribution in [0.4, 0.5) is 52.7 Å². The Morgan fingerprint density at radius 3 is 1.67 bits per heavy atom. The lowest BCUT2D eigenvalue weighted by Gasteiger charge is -2.40. The van der Waals surface area contributed by atoms with E-state index in [1.165, 1.54) is 6.07 Å². The minimum Gasteiger partial charge on any atom is -0.277 e. The first-order valence-electron chi connectivity index (χ1n) is 7.22. The van der Waals surface area contributed by atoms with Gasteiger partial charge in [-0.2, -0.15) is 52.7 Å². The molecular weight excluding hydrogens is 492 g/mol. The summed E-state index contributed by atoms with van der Waals surface area (Å²) in [6, 6.07) is 4.54. The minimum atomic E-state index is -7.78. The molecule has 15 heteroatoms. The van der Waals surface area contributed by atoms with Crippen molar-refractivity contribution in [1.29, 1.82) is 0 Å². The maximum Gasteiger partial charge on any atom is 0.393 e. The fourth-order valence-corrected chi connectivity index (χ4v) is 3.23. The maximum atomic E-state index is 14.2. The first-order chi connectivity index (χ1) is 13.2. The van der Waals surface area contributed by atoms with Crippen molar-refractivity contribution >= 4 is 33.0 Å². The van der Waals surface area contributed by atoms with Crippen molar-refractivity contribution < 1.29 is 52.7 Å². The highest BCUT2D eigenvalue weighted by atomic mass is 35.5. The molecule has 0 spiro atoms. The zero-order valence-corrected chi connectivity index (χ0v) is 15.2. The predicted molar refractivity (Wildman–Crippen MR) is 82.6 cm³/mol. The number of halogens is 13. The van der Waals surface area contributed by atoms with Gasteiger partial charge in [0.05, 0.1) is 5.56 Å². The van der Waals surface area contributed by atoms with Gasteiger partial charge in [0.25, 0.3) is 0 Å². The Morgan fingerprint density at radius 1 is 0.700 bits per heavy atom. The first-order valence-corrected chi connectivity index (χ1v) is 8.42. The number of benzene rings is 1. The minimum absolute atomic E-state index is 0.0232. The van der Waals surface area contributed by atoms with E-state index >= 15 is 0 Å². The Kier molecular flexibility index (Phi) is 5.65. The molecule has 0 fully saturated rings. The molecule has 2 rings (SSSR count). The molecule has 0 aliphatic rings. The van der Waals surface area contributed by atoms with Gasteiger partial charge in [0.1, 0.15) is 0 Å². The molecule has 30 heavy (non-hydrogen) atoms. The van der Waals surface area contributed by atoms with Crippen molar-refractivity contribution in [3.8, 4) is 0 Å². The van der Waals surface area contributed by atoms with Crippen molar-refractivity contribution in [1.82, 2.24) is 0 Å². The summed E-state index contributed by atoms with van der Waals surface area (Å²) in [5.41, 5.74) is -2.42. The standard InChI is InChI=1S/C15H5ClF12OS/c16-15(27,28)14(25,26)13(23,24)12(21,22)11(19,20)10(17,18)7-5-6-3-1-2-4-8(6)30-9(7)29/h1-5H. The Hall–Kier alpha value is -1.70. The van der Waals surface area contributed by atoms with Gasteiger partial charge < -0.3 is 0 Å². The third-order valence-corrected chi connectivity index (χ3v) is 5.15. The summed E-state index contributed by atoms with van der Waals surface area (Å²) in [6.07, 6.45) is 0. The summed E-state index contributed by atoms with van der Waals surface area (Å²) in [6.45, 7) is 0. The third-order valence-electron chi connectivity index (χ3n) is 3.91. The molecule has 0 atom stereocenters. The molecule has 0 aliphatic heterocycles. The predicted octanol–water partition coefficient (Wildman–Crippen LogP) is 6.73. The van der Waals surface area contributed by atoms with Crippen LogP contribution >= 0.6 is 22.9 Å². The van der Waals surface area contributed by atoms with Crippen LogP contribution in [-0.4, -0.2) is 29.1 Å². The van der Waals surface area contributed by atoms with Gasteiger partial charge in [-0.05, 0) is 29.1 Å². The first kappa shape index (κ1) is 24.6. The normalized spacial score (nSPS) is 15.0. The number of alkyl halides is 13. The fourth-order valence-electron chi connectivity index (χ4n) is 2.22. The second-order valence-electron chi connectivity index (χ2n) is 5.86. The van der Waals surface area contributed by atoms with E-state index in [0.29, 0.717) is 0 Å². The van der Waals surface area contributed by atoms with E-state index < -0.39 is 45.3 Å². The molecule has 0 saturated heterocycles. The van der Waals surface area contributed by atoms with Gasteiger partial charge in [-0.1, -0.05) is 29.5 Å². The monoisotopic (exact) mass is 496 g/mol. The molecule has 0 bridgehead atoms. The van der Waals surface area contributed by atoms with E-state index in [1.54, 1.807) is 0 Å². The van der Waals surface area contributed by atoms with Crippen LogP contribution in [0.15, 0.2) is 35.1 Å². The molecule has 0 N–H and O–H groups in total. The number of fused-ring (bicyclic) bond motifs is 1. The lowest BCUT2D eigenvalue weighted by molar-refractivity contribution is -0.419. The van der Waals surface area contributed by atoms with Crippen molar-refractivity contribution in [3.63, 3.8) is 0 Å². The van der Waals surface area contributed by atoms with Crippen LogP contribution in [0.25, 0.3) is 10.1 Å². The highest BCUT2D eigenvalue weighted by Gasteiger charge is 2.90. The van der Waals surface area contributed by atoms with Crippen LogP contribution in [0, 0.1) is 0 Å². The van der Waals surface area contributed by atoms with E-state index in [0.717, 1.165) is 18.2 Å². The smallest absolute Gasteiger partial charge is 0.277 e. The molecule has 0 amide bonds. The zero-order valence-electron chi connectivity index (χ0n) is 13.6. The summed E-state index contributed by atoms with van der Waals surface area (Å²) in [4.78, 5) is 11.7. The SMILES string of the molecule is O=c1sc2ccccc2cc1C(F)(F)C(F)(F)C(F)(F)C(F)(F)C(F)(F)C(F)(F)Cl. The quantitative estimate of drug-likeness (QED) is 0.320. The molecule has 1 aromatic carbocycles. The molecule has 0 aliphatic carbocycles. The lowest BCUT2D eigenvalue weighted by Crippen LogP contribution is -2.69. The molecule has 1 heterocycles. The second kappa shape index (κ2) is 6.90. The van der Waals surface area contributed by atoms with Gasteiger partial charge in [0, 0.05) is 4.70 Å². The van der Waals surface area contributed by atoms with Crippen LogP contribution in [0.2, 0.25) is 0 Å². The molecule has 2 aromatic rings. The molecule has 0 unspecified atom stereocenters. The number of hydrogen-bond acceptors (Lipinski definition) is 2. The van der Waals surface area contributed by atoms with Crippen molar-refractivity contribution in [2.75, 3.05) is 0 Å². The highest BCUT2D eigenvalue weighted by molar-refractivity contribution is 7.16. The van der Waals surface area contributed by atoms with E-state index in [9.17, 15) is 57.5 Å². The van der Waals surface area contributed by atoms with Gasteiger partial charge in [-0.15, -0.1) is 0 Å². The van der Waals surface area contributed by atoms with E-state index in [-0.39, 0.29) is 27.5 Å². The van der Waals surface area contributed by atoms with Crippen molar-refractivity contribution in [2.24, 2.45) is 0 Å². The second-order valence-corrected chi connectivity index (χ2v) is 7.34. The van der Waals surface area contributed by atoms with Crippen LogP contribution in [0.1, 0.15) is 5.56 Å². The average Bonchev–Trinajstić information content (AvgIpc) is 2.59. The highest BCUT2D eigenvalue weighted by Crippen LogP contribution is 2.62. The van der Waals surface area contributed by atoms with E-state index in [2.05, 4.69) is 11.6 Å². The fraction of sp³-hybridized carbons (Fsp3) is 0.400. The van der Waals surface area contributed by atoms with Gasteiger partial charge in [0.15, 0.2) is 0 Å². The van der Waals surface area contributed by atoms with Crippen LogP contribution in [0.5, 0.6) is 0 Å². The van der Waals surface area contributed by atoms with Crippen LogP contribution < -0.4 is 4.74 Å². The van der Waals surface area contributed by atoms with Gasteiger partial charge in [-0.3, -0.25) is 4.79 Å². The topological polar surface area (TPSA) is 17.1 Å². The molecule has 168 valence electrons.